The summed E-state index contributed by atoms with van der Waals surface area (Å²) in [5, 5.41) is 10.3. The van der Waals surface area contributed by atoms with Crippen molar-refractivity contribution >= 4 is 28.5 Å². The molecule has 0 aliphatic carbocycles. The minimum absolute atomic E-state index is 0.0399. The number of ether oxygens (including phenoxy) is 3. The third-order valence-corrected chi connectivity index (χ3v) is 4.37. The highest BCUT2D eigenvalue weighted by Gasteiger charge is 2.17. The number of methoxy groups -OCH3 is 1. The van der Waals surface area contributed by atoms with Gasteiger partial charge in [-0.15, -0.1) is 0 Å². The second kappa shape index (κ2) is 8.87. The first-order valence-electron chi connectivity index (χ1n) is 8.86. The molecule has 0 aliphatic heterocycles. The van der Waals surface area contributed by atoms with Crippen molar-refractivity contribution in [1.82, 2.24) is 0 Å². The van der Waals surface area contributed by atoms with Crippen LogP contribution in [0.15, 0.2) is 45.6 Å². The summed E-state index contributed by atoms with van der Waals surface area (Å²) in [7, 11) is 1.45. The maximum absolute atomic E-state index is 12.5. The fourth-order valence-electron chi connectivity index (χ4n) is 2.75. The Morgan fingerprint density at radius 2 is 2.00 bits per heavy atom. The molecule has 1 heterocycles. The highest BCUT2D eigenvalue weighted by Crippen LogP contribution is 2.36. The van der Waals surface area contributed by atoms with Crippen LogP contribution in [-0.2, 0) is 11.3 Å². The summed E-state index contributed by atoms with van der Waals surface area (Å²) in [5.74, 6) is -0.00691. The summed E-state index contributed by atoms with van der Waals surface area (Å²) in [6, 6.07) is 8.51. The van der Waals surface area contributed by atoms with E-state index in [-0.39, 0.29) is 28.5 Å². The Bertz CT molecular complexity index is 1100. The number of esters is 1. The molecule has 0 spiro atoms. The lowest BCUT2D eigenvalue weighted by atomic mass is 10.1. The zero-order valence-electron chi connectivity index (χ0n) is 15.9. The van der Waals surface area contributed by atoms with E-state index in [2.05, 4.69) is 0 Å². The SMILES string of the molecule is CCCOc1c(Cl)cc(C(=O)OCc2cc(=O)oc3cc(O)ccc23)cc1OC. The lowest BCUT2D eigenvalue weighted by Gasteiger charge is -2.13. The van der Waals surface area contributed by atoms with Gasteiger partial charge < -0.3 is 23.7 Å². The van der Waals surface area contributed by atoms with Crippen LogP contribution in [0.4, 0.5) is 0 Å². The highest BCUT2D eigenvalue weighted by atomic mass is 35.5. The molecule has 3 rings (SSSR count). The van der Waals surface area contributed by atoms with Crippen molar-refractivity contribution in [3.05, 3.63) is 63.0 Å². The van der Waals surface area contributed by atoms with E-state index in [0.717, 1.165) is 6.42 Å². The minimum Gasteiger partial charge on any atom is -0.508 e. The molecule has 0 amide bonds. The molecule has 8 heteroatoms. The van der Waals surface area contributed by atoms with Crippen molar-refractivity contribution in [3.63, 3.8) is 0 Å². The van der Waals surface area contributed by atoms with Gasteiger partial charge in [0.15, 0.2) is 11.5 Å². The average Bonchev–Trinajstić information content (AvgIpc) is 2.69. The number of halogens is 1. The summed E-state index contributed by atoms with van der Waals surface area (Å²) in [4.78, 5) is 24.3. The van der Waals surface area contributed by atoms with E-state index in [9.17, 15) is 14.7 Å². The number of benzene rings is 2. The van der Waals surface area contributed by atoms with Gasteiger partial charge in [-0.25, -0.2) is 9.59 Å². The quantitative estimate of drug-likeness (QED) is 0.451. The van der Waals surface area contributed by atoms with Crippen LogP contribution in [0.2, 0.25) is 5.02 Å². The van der Waals surface area contributed by atoms with Crippen LogP contribution in [0.25, 0.3) is 11.0 Å². The van der Waals surface area contributed by atoms with Gasteiger partial charge in [-0.3, -0.25) is 0 Å². The highest BCUT2D eigenvalue weighted by molar-refractivity contribution is 6.32. The van der Waals surface area contributed by atoms with Gasteiger partial charge in [0.1, 0.15) is 17.9 Å². The number of phenolic OH excluding ortho intramolecular Hbond substituents is 1. The Hall–Kier alpha value is -3.19. The Morgan fingerprint density at radius 1 is 1.21 bits per heavy atom. The topological polar surface area (TPSA) is 95.2 Å². The van der Waals surface area contributed by atoms with Gasteiger partial charge in [0.2, 0.25) is 0 Å². The van der Waals surface area contributed by atoms with Crippen LogP contribution in [0, 0.1) is 0 Å². The lowest BCUT2D eigenvalue weighted by molar-refractivity contribution is 0.0473. The number of fused-ring (bicyclic) bond motifs is 1. The van der Waals surface area contributed by atoms with Crippen LogP contribution in [0.1, 0.15) is 29.3 Å². The molecule has 29 heavy (non-hydrogen) atoms. The fourth-order valence-corrected chi connectivity index (χ4v) is 3.01. The molecule has 0 saturated heterocycles. The van der Waals surface area contributed by atoms with Crippen molar-refractivity contribution in [2.24, 2.45) is 0 Å². The summed E-state index contributed by atoms with van der Waals surface area (Å²) < 4.78 is 21.2. The molecule has 0 radical (unpaired) electrons. The van der Waals surface area contributed by atoms with Crippen molar-refractivity contribution in [2.45, 2.75) is 20.0 Å². The Kier molecular flexibility index (Phi) is 6.29. The first kappa shape index (κ1) is 20.5. The summed E-state index contributed by atoms with van der Waals surface area (Å²) in [5.41, 5.74) is 0.216. The molecule has 0 aliphatic rings. The number of phenols is 1. The largest absolute Gasteiger partial charge is 0.508 e. The second-order valence-corrected chi connectivity index (χ2v) is 6.59. The number of aromatic hydroxyl groups is 1. The van der Waals surface area contributed by atoms with E-state index in [1.807, 2.05) is 6.92 Å². The molecule has 0 fully saturated rings. The second-order valence-electron chi connectivity index (χ2n) is 6.19. The van der Waals surface area contributed by atoms with Crippen LogP contribution < -0.4 is 15.1 Å². The van der Waals surface area contributed by atoms with Gasteiger partial charge in [0.05, 0.1) is 24.3 Å². The fraction of sp³-hybridized carbons (Fsp3) is 0.238. The van der Waals surface area contributed by atoms with Crippen LogP contribution in [0.3, 0.4) is 0 Å². The first-order valence-corrected chi connectivity index (χ1v) is 9.24. The summed E-state index contributed by atoms with van der Waals surface area (Å²) in [6.45, 7) is 2.25. The number of hydrogen-bond acceptors (Lipinski definition) is 7. The molecule has 1 aromatic heterocycles. The molecular formula is C21H19ClO7. The normalized spacial score (nSPS) is 10.7. The molecular weight excluding hydrogens is 400 g/mol. The Labute approximate surface area is 171 Å². The molecule has 0 saturated carbocycles. The van der Waals surface area contributed by atoms with E-state index < -0.39 is 11.6 Å². The van der Waals surface area contributed by atoms with Gasteiger partial charge in [-0.2, -0.15) is 0 Å². The number of carbonyl (C=O) groups is 1. The van der Waals surface area contributed by atoms with Crippen LogP contribution >= 0.6 is 11.6 Å². The predicted molar refractivity (Wildman–Crippen MR) is 107 cm³/mol. The third-order valence-electron chi connectivity index (χ3n) is 4.09. The number of carbonyl (C=O) groups excluding carboxylic acids is 1. The Morgan fingerprint density at radius 3 is 2.72 bits per heavy atom. The maximum atomic E-state index is 12.5. The average molecular weight is 419 g/mol. The van der Waals surface area contributed by atoms with Crippen molar-refractivity contribution in [3.8, 4) is 17.2 Å². The predicted octanol–water partition coefficient (Wildman–Crippen LogP) is 4.31. The van der Waals surface area contributed by atoms with E-state index in [1.165, 1.54) is 37.4 Å². The van der Waals surface area contributed by atoms with E-state index in [1.54, 1.807) is 6.07 Å². The molecule has 0 bridgehead atoms. The standard InChI is InChI=1S/C21H19ClO7/c1-3-6-27-20-16(22)7-12(8-18(20)26-2)21(25)28-11-13-9-19(24)29-17-10-14(23)4-5-15(13)17/h4-5,7-10,23H,3,6,11H2,1-2H3. The molecule has 7 nitrogen and oxygen atoms in total. The minimum atomic E-state index is -0.646. The van der Waals surface area contributed by atoms with E-state index in [0.29, 0.717) is 29.1 Å². The number of rotatable bonds is 7. The lowest BCUT2D eigenvalue weighted by Crippen LogP contribution is -2.09. The van der Waals surface area contributed by atoms with Crippen LogP contribution in [-0.4, -0.2) is 24.8 Å². The molecule has 0 atom stereocenters. The van der Waals surface area contributed by atoms with Gasteiger partial charge in [0.25, 0.3) is 0 Å². The molecule has 3 aromatic rings. The molecule has 152 valence electrons. The van der Waals surface area contributed by atoms with Gasteiger partial charge in [-0.1, -0.05) is 18.5 Å². The summed E-state index contributed by atoms with van der Waals surface area (Å²) >= 11 is 6.23. The smallest absolute Gasteiger partial charge is 0.338 e. The molecule has 1 N–H and O–H groups in total. The number of hydrogen-bond donors (Lipinski definition) is 1. The molecule has 0 unspecified atom stereocenters. The van der Waals surface area contributed by atoms with E-state index >= 15 is 0 Å². The maximum Gasteiger partial charge on any atom is 0.338 e. The van der Waals surface area contributed by atoms with E-state index in [4.69, 9.17) is 30.2 Å². The van der Waals surface area contributed by atoms with Gasteiger partial charge in [-0.05, 0) is 30.7 Å². The zero-order chi connectivity index (χ0) is 21.0. The monoisotopic (exact) mass is 418 g/mol. The zero-order valence-corrected chi connectivity index (χ0v) is 16.6. The van der Waals surface area contributed by atoms with Gasteiger partial charge in [0, 0.05) is 23.1 Å². The van der Waals surface area contributed by atoms with Crippen LogP contribution in [0.5, 0.6) is 17.2 Å². The van der Waals surface area contributed by atoms with Gasteiger partial charge >= 0.3 is 11.6 Å². The van der Waals surface area contributed by atoms with Crippen molar-refractivity contribution in [2.75, 3.05) is 13.7 Å². The molecule has 2 aromatic carbocycles. The third kappa shape index (κ3) is 4.63. The van der Waals surface area contributed by atoms with Crippen molar-refractivity contribution in [1.29, 1.82) is 0 Å². The van der Waals surface area contributed by atoms with Crippen molar-refractivity contribution < 1.29 is 28.5 Å². The summed E-state index contributed by atoms with van der Waals surface area (Å²) in [6.07, 6.45) is 0.792. The first-order chi connectivity index (χ1) is 13.9. The Balaban J connectivity index is 1.84.